The molecule has 2 aromatic carbocycles. The van der Waals surface area contributed by atoms with Crippen LogP contribution in [0.5, 0.6) is 5.75 Å². The van der Waals surface area contributed by atoms with E-state index in [4.69, 9.17) is 4.74 Å². The minimum atomic E-state index is -0.709. The molecule has 0 aliphatic heterocycles. The van der Waals surface area contributed by atoms with E-state index in [9.17, 15) is 9.59 Å². The van der Waals surface area contributed by atoms with Crippen molar-refractivity contribution in [2.75, 3.05) is 11.9 Å². The molecular weight excluding hydrogens is 366 g/mol. The van der Waals surface area contributed by atoms with Gasteiger partial charge in [-0.1, -0.05) is 36.8 Å². The van der Waals surface area contributed by atoms with Gasteiger partial charge in [0.15, 0.2) is 0 Å². The molecule has 150 valence electrons. The monoisotopic (exact) mass is 391 g/mol. The largest absolute Gasteiger partial charge is 0.494 e. The second-order valence-electron chi connectivity index (χ2n) is 6.74. The number of aromatic nitrogens is 2. The summed E-state index contributed by atoms with van der Waals surface area (Å²) in [6.07, 6.45) is 0.438. The summed E-state index contributed by atoms with van der Waals surface area (Å²) in [6, 6.07) is 17.4. The Labute approximate surface area is 170 Å². The number of amides is 1. The lowest BCUT2D eigenvalue weighted by atomic mass is 10.1. The Morgan fingerprint density at radius 3 is 2.34 bits per heavy atom. The van der Waals surface area contributed by atoms with Crippen LogP contribution in [0.1, 0.15) is 31.9 Å². The van der Waals surface area contributed by atoms with E-state index in [-0.39, 0.29) is 11.5 Å². The van der Waals surface area contributed by atoms with Gasteiger partial charge in [0.05, 0.1) is 12.3 Å². The van der Waals surface area contributed by atoms with Crippen LogP contribution in [0.15, 0.2) is 65.5 Å². The second kappa shape index (κ2) is 9.19. The van der Waals surface area contributed by atoms with E-state index in [0.29, 0.717) is 24.4 Å². The summed E-state index contributed by atoms with van der Waals surface area (Å²) < 4.78 is 6.68. The average Bonchev–Trinajstić information content (AvgIpc) is 2.72. The van der Waals surface area contributed by atoms with E-state index in [1.807, 2.05) is 45.0 Å². The number of aryl methyl sites for hydroxylation is 1. The fourth-order valence-electron chi connectivity index (χ4n) is 3.02. The highest BCUT2D eigenvalue weighted by Gasteiger charge is 2.21. The van der Waals surface area contributed by atoms with E-state index in [2.05, 4.69) is 10.4 Å². The van der Waals surface area contributed by atoms with Crippen molar-refractivity contribution in [2.45, 2.75) is 33.2 Å². The molecule has 0 spiro atoms. The number of anilines is 1. The molecule has 1 aromatic heterocycles. The first-order valence-electron chi connectivity index (χ1n) is 9.72. The van der Waals surface area contributed by atoms with Crippen LogP contribution in [0.4, 0.5) is 5.69 Å². The van der Waals surface area contributed by atoms with Gasteiger partial charge in [-0.2, -0.15) is 5.10 Å². The average molecular weight is 391 g/mol. The summed E-state index contributed by atoms with van der Waals surface area (Å²) in [5.41, 5.74) is 3.01. The Morgan fingerprint density at radius 1 is 1.03 bits per heavy atom. The highest BCUT2D eigenvalue weighted by molar-refractivity contribution is 5.93. The molecule has 3 aromatic rings. The number of carbonyl (C=O) groups is 1. The number of nitrogens with one attached hydrogen (secondary N) is 1. The Bertz CT molecular complexity index is 1020. The number of ether oxygens (including phenoxy) is 1. The molecule has 0 unspecified atom stereocenters. The molecular formula is C23H25N3O3. The normalized spacial score (nSPS) is 11.7. The summed E-state index contributed by atoms with van der Waals surface area (Å²) in [5.74, 6) is 0.452. The summed E-state index contributed by atoms with van der Waals surface area (Å²) in [6.45, 7) is 6.36. The van der Waals surface area contributed by atoms with Gasteiger partial charge in [0, 0.05) is 17.3 Å². The van der Waals surface area contributed by atoms with Crippen molar-refractivity contribution in [3.05, 3.63) is 76.6 Å². The molecule has 1 atom stereocenters. The highest BCUT2D eigenvalue weighted by atomic mass is 16.5. The van der Waals surface area contributed by atoms with Crippen LogP contribution in [0.2, 0.25) is 0 Å². The van der Waals surface area contributed by atoms with Gasteiger partial charge in [0.25, 0.3) is 5.56 Å². The number of benzene rings is 2. The first-order chi connectivity index (χ1) is 14.0. The minimum Gasteiger partial charge on any atom is -0.494 e. The third kappa shape index (κ3) is 4.90. The van der Waals surface area contributed by atoms with Crippen molar-refractivity contribution in [1.82, 2.24) is 9.78 Å². The maximum atomic E-state index is 12.9. The van der Waals surface area contributed by atoms with Gasteiger partial charge in [-0.25, -0.2) is 4.68 Å². The summed E-state index contributed by atoms with van der Waals surface area (Å²) in [5, 5.41) is 7.33. The number of carbonyl (C=O) groups excluding carboxylic acids is 1. The lowest BCUT2D eigenvalue weighted by Crippen LogP contribution is -2.34. The standard InChI is InChI=1S/C23H25N3O3/c1-4-21(23(28)24-18-10-12-19(13-11-18)29-5-2)26-22(27)15-14-20(25-26)17-8-6-16(3)7-9-17/h6-15,21H,4-5H2,1-3H3,(H,24,28)/t21-/m0/s1. The summed E-state index contributed by atoms with van der Waals surface area (Å²) in [4.78, 5) is 25.3. The van der Waals surface area contributed by atoms with Gasteiger partial charge >= 0.3 is 0 Å². The molecule has 1 heterocycles. The third-order valence-corrected chi connectivity index (χ3v) is 4.59. The molecule has 0 saturated heterocycles. The van der Waals surface area contributed by atoms with Crippen molar-refractivity contribution in [2.24, 2.45) is 0 Å². The molecule has 0 bridgehead atoms. The number of nitrogens with zero attached hydrogens (tertiary/aromatic N) is 2. The quantitative estimate of drug-likeness (QED) is 0.655. The lowest BCUT2D eigenvalue weighted by Gasteiger charge is -2.17. The van der Waals surface area contributed by atoms with E-state index < -0.39 is 6.04 Å². The van der Waals surface area contributed by atoms with Crippen molar-refractivity contribution in [3.63, 3.8) is 0 Å². The maximum Gasteiger partial charge on any atom is 0.267 e. The lowest BCUT2D eigenvalue weighted by molar-refractivity contribution is -0.119. The zero-order chi connectivity index (χ0) is 20.8. The predicted octanol–water partition coefficient (Wildman–Crippen LogP) is 4.21. The molecule has 1 N–H and O–H groups in total. The third-order valence-electron chi connectivity index (χ3n) is 4.59. The van der Waals surface area contributed by atoms with Crippen molar-refractivity contribution < 1.29 is 9.53 Å². The minimum absolute atomic E-state index is 0.285. The van der Waals surface area contributed by atoms with Crippen LogP contribution in [0, 0.1) is 6.92 Å². The predicted molar refractivity (Wildman–Crippen MR) is 114 cm³/mol. The van der Waals surface area contributed by atoms with Crippen molar-refractivity contribution in [3.8, 4) is 17.0 Å². The van der Waals surface area contributed by atoms with Gasteiger partial charge in [0.2, 0.25) is 5.91 Å². The van der Waals surface area contributed by atoms with E-state index in [0.717, 1.165) is 16.9 Å². The maximum absolute atomic E-state index is 12.9. The van der Waals surface area contributed by atoms with E-state index >= 15 is 0 Å². The van der Waals surface area contributed by atoms with Gasteiger partial charge < -0.3 is 10.1 Å². The molecule has 29 heavy (non-hydrogen) atoms. The molecule has 1 amide bonds. The number of hydrogen-bond donors (Lipinski definition) is 1. The van der Waals surface area contributed by atoms with Crippen LogP contribution >= 0.6 is 0 Å². The topological polar surface area (TPSA) is 73.2 Å². The van der Waals surface area contributed by atoms with Crippen molar-refractivity contribution in [1.29, 1.82) is 0 Å². The van der Waals surface area contributed by atoms with Gasteiger partial charge in [0.1, 0.15) is 11.8 Å². The van der Waals surface area contributed by atoms with E-state index in [1.165, 1.54) is 10.7 Å². The smallest absolute Gasteiger partial charge is 0.267 e. The summed E-state index contributed by atoms with van der Waals surface area (Å²) in [7, 11) is 0. The highest BCUT2D eigenvalue weighted by Crippen LogP contribution is 2.20. The van der Waals surface area contributed by atoms with Crippen molar-refractivity contribution >= 4 is 11.6 Å². The zero-order valence-corrected chi connectivity index (χ0v) is 16.9. The van der Waals surface area contributed by atoms with Crippen LogP contribution in [0.25, 0.3) is 11.3 Å². The van der Waals surface area contributed by atoms with E-state index in [1.54, 1.807) is 30.3 Å². The molecule has 3 rings (SSSR count). The molecule has 0 saturated carbocycles. The van der Waals surface area contributed by atoms with Gasteiger partial charge in [-0.3, -0.25) is 9.59 Å². The first kappa shape index (κ1) is 20.3. The van der Waals surface area contributed by atoms with Crippen LogP contribution in [0.3, 0.4) is 0 Å². The number of rotatable bonds is 7. The fraction of sp³-hybridized carbons (Fsp3) is 0.261. The van der Waals surface area contributed by atoms with Crippen LogP contribution in [-0.4, -0.2) is 22.3 Å². The molecule has 0 radical (unpaired) electrons. The SMILES string of the molecule is CCOc1ccc(NC(=O)[C@H](CC)n2nc(-c3ccc(C)cc3)ccc2=O)cc1. The van der Waals surface area contributed by atoms with Crippen LogP contribution in [-0.2, 0) is 4.79 Å². The second-order valence-corrected chi connectivity index (χ2v) is 6.74. The Kier molecular flexibility index (Phi) is 6.44. The Morgan fingerprint density at radius 2 is 1.72 bits per heavy atom. The van der Waals surface area contributed by atoms with Crippen LogP contribution < -0.4 is 15.6 Å². The molecule has 0 fully saturated rings. The molecule has 6 nitrogen and oxygen atoms in total. The fourth-order valence-corrected chi connectivity index (χ4v) is 3.02. The molecule has 0 aliphatic carbocycles. The zero-order valence-electron chi connectivity index (χ0n) is 16.9. The first-order valence-corrected chi connectivity index (χ1v) is 9.72. The summed E-state index contributed by atoms with van der Waals surface area (Å²) >= 11 is 0. The molecule has 6 heteroatoms. The molecule has 0 aliphatic rings. The van der Waals surface area contributed by atoms with Gasteiger partial charge in [-0.05, 0) is 50.6 Å². The van der Waals surface area contributed by atoms with Gasteiger partial charge in [-0.15, -0.1) is 0 Å². The Hall–Kier alpha value is -3.41. The number of hydrogen-bond acceptors (Lipinski definition) is 4. The Balaban J connectivity index is 1.84.